The van der Waals surface area contributed by atoms with E-state index in [1.165, 1.54) is 12.1 Å². The Morgan fingerprint density at radius 2 is 1.47 bits per heavy atom. The third-order valence-electron chi connectivity index (χ3n) is 8.62. The molecule has 0 amide bonds. The van der Waals surface area contributed by atoms with Gasteiger partial charge in [-0.3, -0.25) is 29.8 Å². The van der Waals surface area contributed by atoms with E-state index >= 15 is 0 Å². The molecule has 4 N–H and O–H groups in total. The minimum absolute atomic E-state index is 0.0404. The highest BCUT2D eigenvalue weighted by Crippen LogP contribution is 2.43. The van der Waals surface area contributed by atoms with E-state index in [0.29, 0.717) is 22.4 Å². The summed E-state index contributed by atoms with van der Waals surface area (Å²) in [6, 6.07) is 14.2. The van der Waals surface area contributed by atoms with Gasteiger partial charge in [-0.1, -0.05) is 82.8 Å². The summed E-state index contributed by atoms with van der Waals surface area (Å²) in [5.41, 5.74) is 4.75. The van der Waals surface area contributed by atoms with Crippen molar-refractivity contribution >= 4 is 34.7 Å². The number of nitrogens with one attached hydrogen (secondary N) is 2. The molecule has 12 heteroatoms. The van der Waals surface area contributed by atoms with Crippen LogP contribution >= 0.6 is 0 Å². The van der Waals surface area contributed by atoms with Gasteiger partial charge < -0.3 is 20.8 Å². The molecule has 0 spiro atoms. The van der Waals surface area contributed by atoms with Gasteiger partial charge in [-0.05, 0) is 51.6 Å². The molecule has 0 atom stereocenters. The Labute approximate surface area is 283 Å². The molecular weight excluding hydrogens is 628 g/mol. The number of nitro benzene ring substituents is 2. The van der Waals surface area contributed by atoms with Crippen LogP contribution in [0.15, 0.2) is 103 Å². The van der Waals surface area contributed by atoms with Crippen LogP contribution in [0.3, 0.4) is 0 Å². The van der Waals surface area contributed by atoms with E-state index in [1.807, 2.05) is 62.4 Å². The van der Waals surface area contributed by atoms with E-state index in [1.54, 1.807) is 18.2 Å². The van der Waals surface area contributed by atoms with Crippen LogP contribution in [0.5, 0.6) is 0 Å². The standard InChI is InChI=1S/C37H38N4O8/c1-23(9-7-6-8-10-33-37(4,5)30-18-25(20-35(44)45)12-14-32(30)39-33)36(2,3)29-17-24(19-34(42)43)11-13-31(29)38-22-26-15-27(40(46)47)21-28(16-26)41(48)49/h6-18,21,38-39H,1,19-20,22H2,2-5H3,(H,42,43)(H,44,45)/b8-6+,9-7+,33-10+. The van der Waals surface area contributed by atoms with Crippen molar-refractivity contribution in [2.45, 2.75) is 57.9 Å². The molecule has 3 aromatic rings. The fourth-order valence-corrected chi connectivity index (χ4v) is 5.68. The fraction of sp³-hybridized carbons (Fsp3) is 0.243. The summed E-state index contributed by atoms with van der Waals surface area (Å²) in [6.07, 6.45) is 9.17. The highest BCUT2D eigenvalue weighted by Gasteiger charge is 2.34. The van der Waals surface area contributed by atoms with Gasteiger partial charge in [0.15, 0.2) is 0 Å². The lowest BCUT2D eigenvalue weighted by Crippen LogP contribution is -2.21. The van der Waals surface area contributed by atoms with Gasteiger partial charge in [0.25, 0.3) is 11.4 Å². The van der Waals surface area contributed by atoms with E-state index in [9.17, 15) is 40.0 Å². The van der Waals surface area contributed by atoms with E-state index in [-0.39, 0.29) is 24.8 Å². The molecule has 0 unspecified atom stereocenters. The second-order valence-electron chi connectivity index (χ2n) is 12.9. The third kappa shape index (κ3) is 8.47. The van der Waals surface area contributed by atoms with Crippen LogP contribution in [0, 0.1) is 20.2 Å². The van der Waals surface area contributed by atoms with Gasteiger partial charge in [0.1, 0.15) is 0 Å². The first kappa shape index (κ1) is 35.8. The molecule has 3 aromatic carbocycles. The lowest BCUT2D eigenvalue weighted by atomic mass is 9.76. The lowest BCUT2D eigenvalue weighted by Gasteiger charge is -2.30. The van der Waals surface area contributed by atoms with Crippen molar-refractivity contribution in [3.8, 4) is 0 Å². The number of non-ortho nitro benzene ring substituents is 2. The van der Waals surface area contributed by atoms with Gasteiger partial charge in [-0.2, -0.15) is 0 Å². The zero-order valence-electron chi connectivity index (χ0n) is 27.6. The number of benzene rings is 3. The molecule has 49 heavy (non-hydrogen) atoms. The monoisotopic (exact) mass is 666 g/mol. The van der Waals surface area contributed by atoms with E-state index in [2.05, 4.69) is 31.1 Å². The molecule has 0 bridgehead atoms. The molecule has 1 aliphatic heterocycles. The van der Waals surface area contributed by atoms with Crippen LogP contribution < -0.4 is 10.6 Å². The van der Waals surface area contributed by atoms with Crippen molar-refractivity contribution in [3.63, 3.8) is 0 Å². The predicted molar refractivity (Wildman–Crippen MR) is 188 cm³/mol. The number of fused-ring (bicyclic) bond motifs is 1. The van der Waals surface area contributed by atoms with Gasteiger partial charge in [-0.15, -0.1) is 0 Å². The quantitative estimate of drug-likeness (QED) is 0.0758. The highest BCUT2D eigenvalue weighted by molar-refractivity contribution is 5.74. The van der Waals surface area contributed by atoms with Gasteiger partial charge in [0.2, 0.25) is 0 Å². The first-order valence-corrected chi connectivity index (χ1v) is 15.4. The third-order valence-corrected chi connectivity index (χ3v) is 8.62. The molecule has 0 radical (unpaired) electrons. The van der Waals surface area contributed by atoms with E-state index in [0.717, 1.165) is 34.1 Å². The molecule has 4 rings (SSSR count). The number of carboxylic acid groups (broad SMARTS) is 2. The van der Waals surface area contributed by atoms with Gasteiger partial charge >= 0.3 is 11.9 Å². The van der Waals surface area contributed by atoms with Crippen LogP contribution in [-0.2, 0) is 39.8 Å². The van der Waals surface area contributed by atoms with Crippen molar-refractivity contribution in [1.29, 1.82) is 0 Å². The molecule has 1 aliphatic rings. The summed E-state index contributed by atoms with van der Waals surface area (Å²) in [7, 11) is 0. The topological polar surface area (TPSA) is 185 Å². The zero-order chi connectivity index (χ0) is 36.1. The molecule has 0 aliphatic carbocycles. The van der Waals surface area contributed by atoms with Crippen LogP contribution in [0.4, 0.5) is 22.7 Å². The summed E-state index contributed by atoms with van der Waals surface area (Å²) in [5, 5.41) is 48.0. The largest absolute Gasteiger partial charge is 0.481 e. The first-order chi connectivity index (χ1) is 23.0. The number of nitrogens with zero attached hydrogens (tertiary/aromatic N) is 2. The number of rotatable bonds is 14. The zero-order valence-corrected chi connectivity index (χ0v) is 27.6. The second-order valence-corrected chi connectivity index (χ2v) is 12.9. The number of anilines is 2. The Bertz CT molecular complexity index is 1910. The number of carboxylic acids is 2. The van der Waals surface area contributed by atoms with Crippen molar-refractivity contribution in [1.82, 2.24) is 0 Å². The van der Waals surface area contributed by atoms with Crippen molar-refractivity contribution < 1.29 is 29.6 Å². The number of aliphatic carboxylic acids is 2. The summed E-state index contributed by atoms with van der Waals surface area (Å²) in [5.74, 6) is -1.87. The lowest BCUT2D eigenvalue weighted by molar-refractivity contribution is -0.394. The minimum Gasteiger partial charge on any atom is -0.481 e. The molecular formula is C37H38N4O8. The van der Waals surface area contributed by atoms with Crippen LogP contribution in [0.2, 0.25) is 0 Å². The smallest absolute Gasteiger partial charge is 0.307 e. The summed E-state index contributed by atoms with van der Waals surface area (Å²) < 4.78 is 0. The van der Waals surface area contributed by atoms with Crippen LogP contribution in [-0.4, -0.2) is 32.0 Å². The predicted octanol–water partition coefficient (Wildman–Crippen LogP) is 7.60. The Balaban J connectivity index is 1.54. The van der Waals surface area contributed by atoms with Gasteiger partial charge in [-0.25, -0.2) is 0 Å². The maximum absolute atomic E-state index is 11.5. The van der Waals surface area contributed by atoms with Gasteiger partial charge in [0.05, 0.1) is 28.8 Å². The minimum atomic E-state index is -0.991. The summed E-state index contributed by atoms with van der Waals surface area (Å²) in [4.78, 5) is 44.1. The molecule has 0 saturated carbocycles. The maximum Gasteiger partial charge on any atom is 0.307 e. The van der Waals surface area contributed by atoms with Crippen molar-refractivity contribution in [2.75, 3.05) is 10.6 Å². The average Bonchev–Trinajstić information content (AvgIpc) is 3.27. The fourth-order valence-electron chi connectivity index (χ4n) is 5.68. The van der Waals surface area contributed by atoms with Crippen molar-refractivity contribution in [3.05, 3.63) is 151 Å². The SMILES string of the molecule is C=C(/C=C/C=C/C=C1/Nc2ccc(CC(=O)O)cc2C1(C)C)C(C)(C)c1cc(CC(=O)O)ccc1NCc1cc([N+](=O)[O-])cc([N+](=O)[O-])c1. The number of hydrogen-bond acceptors (Lipinski definition) is 8. The molecule has 254 valence electrons. The average molecular weight is 667 g/mol. The molecule has 0 aromatic heterocycles. The molecule has 1 heterocycles. The first-order valence-electron chi connectivity index (χ1n) is 15.4. The number of allylic oxidation sites excluding steroid dienone is 7. The number of carbonyl (C=O) groups is 2. The van der Waals surface area contributed by atoms with Crippen LogP contribution in [0.25, 0.3) is 0 Å². The maximum atomic E-state index is 11.5. The van der Waals surface area contributed by atoms with E-state index in [4.69, 9.17) is 0 Å². The molecule has 0 fully saturated rings. The van der Waals surface area contributed by atoms with E-state index < -0.39 is 38.6 Å². The second kappa shape index (κ2) is 14.4. The van der Waals surface area contributed by atoms with Crippen LogP contribution in [0.1, 0.15) is 55.5 Å². The molecule has 0 saturated heterocycles. The Kier molecular flexibility index (Phi) is 10.5. The number of hydrogen-bond donors (Lipinski definition) is 4. The Morgan fingerprint density at radius 1 is 0.878 bits per heavy atom. The normalized spacial score (nSPS) is 14.5. The highest BCUT2D eigenvalue weighted by atomic mass is 16.6. The van der Waals surface area contributed by atoms with Crippen molar-refractivity contribution in [2.24, 2.45) is 0 Å². The summed E-state index contributed by atoms with van der Waals surface area (Å²) in [6.45, 7) is 12.3. The Morgan fingerprint density at radius 3 is 2.06 bits per heavy atom. The number of nitro groups is 2. The summed E-state index contributed by atoms with van der Waals surface area (Å²) >= 11 is 0. The molecule has 12 nitrogen and oxygen atoms in total. The van der Waals surface area contributed by atoms with Gasteiger partial charge in [0, 0.05) is 46.6 Å². The Hall–Kier alpha value is -6.04.